The van der Waals surface area contributed by atoms with Crippen molar-refractivity contribution < 1.29 is 28.7 Å². The lowest BCUT2D eigenvalue weighted by atomic mass is 9.94. The zero-order valence-electron chi connectivity index (χ0n) is 21.9. The highest BCUT2D eigenvalue weighted by Gasteiger charge is 2.30. The highest BCUT2D eigenvalue weighted by Crippen LogP contribution is 2.42. The fourth-order valence-corrected chi connectivity index (χ4v) is 5.97. The third kappa shape index (κ3) is 4.12. The second-order valence-electron chi connectivity index (χ2n) is 10.3. The van der Waals surface area contributed by atoms with E-state index in [0.717, 1.165) is 70.7 Å². The summed E-state index contributed by atoms with van der Waals surface area (Å²) in [5, 5.41) is 12.8. The van der Waals surface area contributed by atoms with Gasteiger partial charge in [0.2, 0.25) is 12.5 Å². The van der Waals surface area contributed by atoms with Gasteiger partial charge >= 0.3 is 0 Å². The molecule has 1 amide bonds. The van der Waals surface area contributed by atoms with Gasteiger partial charge in [0.1, 0.15) is 0 Å². The van der Waals surface area contributed by atoms with E-state index in [1.165, 1.54) is 5.56 Å². The van der Waals surface area contributed by atoms with E-state index in [-0.39, 0.29) is 18.4 Å². The Kier molecular flexibility index (Phi) is 5.77. The summed E-state index contributed by atoms with van der Waals surface area (Å²) in [5.74, 6) is 2.27. The lowest BCUT2D eigenvalue weighted by molar-refractivity contribution is -0.686. The van der Waals surface area contributed by atoms with Crippen molar-refractivity contribution in [1.82, 2.24) is 9.80 Å². The average molecular weight is 525 g/mol. The van der Waals surface area contributed by atoms with Crippen molar-refractivity contribution in [3.8, 4) is 34.3 Å². The zero-order valence-corrected chi connectivity index (χ0v) is 21.9. The minimum atomic E-state index is 0.0789. The average Bonchev–Trinajstić information content (AvgIpc) is 3.45. The number of rotatable bonds is 4. The molecule has 0 spiro atoms. The molecule has 8 heteroatoms. The van der Waals surface area contributed by atoms with Gasteiger partial charge in [-0.3, -0.25) is 9.69 Å². The Hall–Kier alpha value is -4.30. The number of carbonyl (C=O) groups is 1. The van der Waals surface area contributed by atoms with Crippen molar-refractivity contribution >= 4 is 16.7 Å². The molecular formula is C31H30N3O5+. The number of aryl methyl sites for hydroxylation is 2. The van der Waals surface area contributed by atoms with E-state index in [2.05, 4.69) is 27.7 Å². The first kappa shape index (κ1) is 23.8. The maximum Gasteiger partial charge on any atom is 0.253 e. The third-order valence-corrected chi connectivity index (χ3v) is 8.10. The number of ether oxygens (including phenoxy) is 3. The van der Waals surface area contributed by atoms with Gasteiger partial charge in [-0.25, -0.2) is 0 Å². The Morgan fingerprint density at radius 2 is 1.77 bits per heavy atom. The van der Waals surface area contributed by atoms with E-state index in [0.29, 0.717) is 25.4 Å². The molecule has 3 aliphatic rings. The second-order valence-corrected chi connectivity index (χ2v) is 10.3. The molecule has 7 rings (SSSR count). The van der Waals surface area contributed by atoms with E-state index in [1.807, 2.05) is 47.5 Å². The number of pyridine rings is 1. The summed E-state index contributed by atoms with van der Waals surface area (Å²) in [6, 6.07) is 17.7. The Morgan fingerprint density at radius 1 is 1.00 bits per heavy atom. The van der Waals surface area contributed by atoms with E-state index >= 15 is 0 Å². The molecule has 8 nitrogen and oxygen atoms in total. The molecule has 4 aromatic rings. The quantitative estimate of drug-likeness (QED) is 0.410. The molecule has 0 aliphatic carbocycles. The first-order chi connectivity index (χ1) is 19.1. The number of piperazine rings is 1. The van der Waals surface area contributed by atoms with Crippen LogP contribution in [0, 0.1) is 0 Å². The molecule has 3 aromatic carbocycles. The predicted molar refractivity (Wildman–Crippen MR) is 145 cm³/mol. The molecule has 0 radical (unpaired) electrons. The number of amides is 1. The molecule has 1 N–H and O–H groups in total. The van der Waals surface area contributed by atoms with Crippen LogP contribution < -0.4 is 18.8 Å². The predicted octanol–water partition coefficient (Wildman–Crippen LogP) is 3.75. The molecule has 0 bridgehead atoms. The van der Waals surface area contributed by atoms with Crippen molar-refractivity contribution in [3.05, 3.63) is 77.5 Å². The highest BCUT2D eigenvalue weighted by molar-refractivity contribution is 5.95. The standard InChI is InChI=1S/C31H29N3O5/c1-37-29-14-22(17-32-9-11-33(12-10-32)31(36)20-5-3-2-4-6-20)23-15-26-24-16-28-27(38-19-39-28)13-21(24)7-8-34(26)18-25(23)30(29)35/h2-6,13-16,18H,7-12,17,19H2,1H3/p+1. The zero-order chi connectivity index (χ0) is 26.5. The summed E-state index contributed by atoms with van der Waals surface area (Å²) in [4.78, 5) is 17.2. The van der Waals surface area contributed by atoms with E-state index < -0.39 is 0 Å². The first-order valence-corrected chi connectivity index (χ1v) is 13.3. The summed E-state index contributed by atoms with van der Waals surface area (Å²) in [6.45, 7) is 4.64. The van der Waals surface area contributed by atoms with Crippen molar-refractivity contribution in [2.45, 2.75) is 19.5 Å². The van der Waals surface area contributed by atoms with Crippen LogP contribution in [0.2, 0.25) is 0 Å². The van der Waals surface area contributed by atoms with Gasteiger partial charge in [0, 0.05) is 56.2 Å². The number of phenolic OH excluding ortho intramolecular Hbond substituents is 1. The summed E-state index contributed by atoms with van der Waals surface area (Å²) in [5.41, 5.74) is 5.26. The summed E-state index contributed by atoms with van der Waals surface area (Å²) in [6.07, 6.45) is 2.91. The number of aromatic hydroxyl groups is 1. The van der Waals surface area contributed by atoms with E-state index in [1.54, 1.807) is 7.11 Å². The van der Waals surface area contributed by atoms with Crippen molar-refractivity contribution in [1.29, 1.82) is 0 Å². The van der Waals surface area contributed by atoms with Crippen LogP contribution in [-0.4, -0.2) is 60.9 Å². The number of methoxy groups -OCH3 is 1. The normalized spacial score (nSPS) is 16.2. The Morgan fingerprint density at radius 3 is 2.54 bits per heavy atom. The van der Waals surface area contributed by atoms with E-state index in [9.17, 15) is 9.90 Å². The molecule has 39 heavy (non-hydrogen) atoms. The van der Waals surface area contributed by atoms with Crippen LogP contribution in [0.3, 0.4) is 0 Å². The number of benzene rings is 3. The highest BCUT2D eigenvalue weighted by atomic mass is 16.7. The summed E-state index contributed by atoms with van der Waals surface area (Å²) < 4.78 is 19.0. The number of aromatic nitrogens is 1. The minimum absolute atomic E-state index is 0.0789. The molecule has 1 saturated heterocycles. The van der Waals surface area contributed by atoms with Crippen LogP contribution in [0.25, 0.3) is 22.0 Å². The molecule has 0 atom stereocenters. The lowest BCUT2D eigenvalue weighted by Gasteiger charge is -2.35. The van der Waals surface area contributed by atoms with Gasteiger partial charge in [0.25, 0.3) is 5.91 Å². The van der Waals surface area contributed by atoms with Gasteiger partial charge in [-0.05, 0) is 41.5 Å². The van der Waals surface area contributed by atoms with Crippen LogP contribution in [0.15, 0.2) is 60.8 Å². The summed E-state index contributed by atoms with van der Waals surface area (Å²) in [7, 11) is 1.59. The van der Waals surface area contributed by atoms with E-state index in [4.69, 9.17) is 14.2 Å². The second kappa shape index (κ2) is 9.47. The molecule has 0 saturated carbocycles. The number of nitrogens with zero attached hydrogens (tertiary/aromatic N) is 3. The lowest BCUT2D eigenvalue weighted by Crippen LogP contribution is -2.48. The van der Waals surface area contributed by atoms with Crippen molar-refractivity contribution in [3.63, 3.8) is 0 Å². The molecule has 0 unspecified atom stereocenters. The van der Waals surface area contributed by atoms with Gasteiger partial charge in [-0.15, -0.1) is 0 Å². The van der Waals surface area contributed by atoms with Crippen molar-refractivity contribution in [2.75, 3.05) is 40.1 Å². The fourth-order valence-electron chi connectivity index (χ4n) is 5.97. The Labute approximate surface area is 226 Å². The first-order valence-electron chi connectivity index (χ1n) is 13.3. The molecule has 4 heterocycles. The van der Waals surface area contributed by atoms with Gasteiger partial charge in [0.05, 0.1) is 18.1 Å². The smallest absolute Gasteiger partial charge is 0.253 e. The van der Waals surface area contributed by atoms with Gasteiger partial charge in [-0.2, -0.15) is 4.57 Å². The third-order valence-electron chi connectivity index (χ3n) is 8.10. The maximum atomic E-state index is 12.9. The maximum absolute atomic E-state index is 12.9. The van der Waals surface area contributed by atoms with Gasteiger partial charge in [0.15, 0.2) is 35.7 Å². The number of hydrogen-bond donors (Lipinski definition) is 1. The fraction of sp³-hybridized carbons (Fsp3) is 0.290. The largest absolute Gasteiger partial charge is 0.504 e. The summed E-state index contributed by atoms with van der Waals surface area (Å²) >= 11 is 0. The monoisotopic (exact) mass is 524 g/mol. The molecule has 1 aromatic heterocycles. The number of fused-ring (bicyclic) bond motifs is 5. The topological polar surface area (TPSA) is 75.4 Å². The van der Waals surface area contributed by atoms with Gasteiger partial charge < -0.3 is 24.2 Å². The number of phenols is 1. The van der Waals surface area contributed by atoms with Crippen LogP contribution in [0.5, 0.6) is 23.0 Å². The minimum Gasteiger partial charge on any atom is -0.504 e. The van der Waals surface area contributed by atoms with Crippen molar-refractivity contribution in [2.24, 2.45) is 0 Å². The number of carbonyl (C=O) groups excluding carboxylic acids is 1. The molecule has 3 aliphatic heterocycles. The molecule has 198 valence electrons. The Balaban J connectivity index is 1.21. The molecular weight excluding hydrogens is 494 g/mol. The SMILES string of the molecule is COc1cc(CN2CCN(C(=O)c3ccccc3)CC2)c2cc3[n+](cc2c1O)CCc1cc2c(cc1-3)OCO2. The van der Waals surface area contributed by atoms with Crippen LogP contribution in [0.1, 0.15) is 21.5 Å². The van der Waals surface area contributed by atoms with Crippen LogP contribution in [-0.2, 0) is 19.5 Å². The van der Waals surface area contributed by atoms with Crippen LogP contribution in [0.4, 0.5) is 0 Å². The Bertz CT molecular complexity index is 1600. The number of hydrogen-bond acceptors (Lipinski definition) is 6. The van der Waals surface area contributed by atoms with Gasteiger partial charge in [-0.1, -0.05) is 18.2 Å². The van der Waals surface area contributed by atoms with Crippen LogP contribution >= 0.6 is 0 Å². The molecule has 1 fully saturated rings.